The van der Waals surface area contributed by atoms with Gasteiger partial charge in [-0.1, -0.05) is 29.8 Å². The largest absolute Gasteiger partial charge is 0.366 e. The fraction of sp³-hybridized carbons (Fsp3) is 0.227. The second-order valence-electron chi connectivity index (χ2n) is 6.99. The van der Waals surface area contributed by atoms with E-state index < -0.39 is 0 Å². The van der Waals surface area contributed by atoms with Gasteiger partial charge in [0.05, 0.1) is 5.69 Å². The molecule has 0 aliphatic carbocycles. The van der Waals surface area contributed by atoms with Gasteiger partial charge < -0.3 is 15.1 Å². The Morgan fingerprint density at radius 1 is 1.00 bits per heavy atom. The van der Waals surface area contributed by atoms with Crippen molar-refractivity contribution in [1.29, 1.82) is 0 Å². The summed E-state index contributed by atoms with van der Waals surface area (Å²) in [4.78, 5) is 25.2. The lowest BCUT2D eigenvalue weighted by molar-refractivity contribution is 0.0740. The summed E-state index contributed by atoms with van der Waals surface area (Å²) in [5.74, 6) is -0.00728. The average Bonchev–Trinajstić information content (AvgIpc) is 2.76. The van der Waals surface area contributed by atoms with Crippen LogP contribution in [0.2, 0.25) is 0 Å². The Labute approximate surface area is 169 Å². The number of nitrogens with zero attached hydrogens (tertiary/aromatic N) is 4. The molecule has 1 aliphatic heterocycles. The van der Waals surface area contributed by atoms with E-state index in [1.54, 1.807) is 29.3 Å². The lowest BCUT2D eigenvalue weighted by atomic mass is 10.2. The minimum Gasteiger partial charge on any atom is -0.366 e. The molecule has 0 spiro atoms. The third kappa shape index (κ3) is 4.34. The first-order chi connectivity index (χ1) is 14.1. The molecule has 1 fully saturated rings. The van der Waals surface area contributed by atoms with Gasteiger partial charge in [-0.3, -0.25) is 4.79 Å². The lowest BCUT2D eigenvalue weighted by Gasteiger charge is -2.36. The minimum atomic E-state index is -0.241. The van der Waals surface area contributed by atoms with Crippen LogP contribution in [0.15, 0.2) is 60.8 Å². The first-order valence-corrected chi connectivity index (χ1v) is 9.55. The van der Waals surface area contributed by atoms with E-state index in [1.165, 1.54) is 6.07 Å². The zero-order chi connectivity index (χ0) is 20.2. The highest BCUT2D eigenvalue weighted by Crippen LogP contribution is 2.21. The first kappa shape index (κ1) is 18.9. The van der Waals surface area contributed by atoms with Crippen molar-refractivity contribution in [2.24, 2.45) is 0 Å². The van der Waals surface area contributed by atoms with E-state index in [0.29, 0.717) is 43.5 Å². The Kier molecular flexibility index (Phi) is 5.37. The zero-order valence-electron chi connectivity index (χ0n) is 16.2. The van der Waals surface area contributed by atoms with Gasteiger partial charge in [0.25, 0.3) is 5.91 Å². The molecule has 1 saturated heterocycles. The van der Waals surface area contributed by atoms with Crippen LogP contribution in [0.1, 0.15) is 16.1 Å². The van der Waals surface area contributed by atoms with Gasteiger partial charge in [0.1, 0.15) is 11.5 Å². The number of aromatic nitrogens is 2. The van der Waals surface area contributed by atoms with Crippen molar-refractivity contribution >= 4 is 23.2 Å². The normalized spacial score (nSPS) is 14.0. The van der Waals surface area contributed by atoms with E-state index in [-0.39, 0.29) is 11.7 Å². The molecule has 0 saturated carbocycles. The van der Waals surface area contributed by atoms with E-state index in [1.807, 2.05) is 42.2 Å². The Bertz CT molecular complexity index is 1000. The summed E-state index contributed by atoms with van der Waals surface area (Å²) in [7, 11) is 0. The summed E-state index contributed by atoms with van der Waals surface area (Å²) in [6.07, 6.45) is 1.58. The third-order valence-electron chi connectivity index (χ3n) is 4.94. The summed E-state index contributed by atoms with van der Waals surface area (Å²) in [6, 6.07) is 16.2. The number of para-hydroxylation sites is 1. The second-order valence-corrected chi connectivity index (χ2v) is 6.99. The molecule has 0 unspecified atom stereocenters. The Balaban J connectivity index is 1.41. The molecule has 7 heteroatoms. The number of rotatable bonds is 4. The van der Waals surface area contributed by atoms with Crippen LogP contribution in [0.5, 0.6) is 0 Å². The van der Waals surface area contributed by atoms with Gasteiger partial charge in [-0.2, -0.15) is 0 Å². The molecule has 0 radical (unpaired) electrons. The Morgan fingerprint density at radius 2 is 1.72 bits per heavy atom. The summed E-state index contributed by atoms with van der Waals surface area (Å²) in [5, 5.41) is 3.12. The number of carbonyl (C=O) groups excluding carboxylic acids is 1. The molecule has 1 amide bonds. The molecule has 2 aromatic carbocycles. The maximum atomic E-state index is 14.0. The number of amides is 1. The summed E-state index contributed by atoms with van der Waals surface area (Å²) in [5.41, 5.74) is 2.94. The minimum absolute atomic E-state index is 0.146. The van der Waals surface area contributed by atoms with Crippen LogP contribution in [0.25, 0.3) is 0 Å². The van der Waals surface area contributed by atoms with E-state index >= 15 is 0 Å². The monoisotopic (exact) mass is 391 g/mol. The van der Waals surface area contributed by atoms with Crippen molar-refractivity contribution in [3.8, 4) is 0 Å². The number of nitrogens with one attached hydrogen (secondary N) is 1. The fourth-order valence-electron chi connectivity index (χ4n) is 3.32. The van der Waals surface area contributed by atoms with Crippen LogP contribution in [0, 0.1) is 12.7 Å². The molecule has 4 rings (SSSR count). The molecule has 0 atom stereocenters. The van der Waals surface area contributed by atoms with Crippen LogP contribution >= 0.6 is 0 Å². The van der Waals surface area contributed by atoms with E-state index in [9.17, 15) is 9.18 Å². The standard InChI is InChI=1S/C22H22FN5O/c1-16-6-8-17(9-7-16)25-22-24-11-10-19(26-22)21(29)28-14-12-27(13-15-28)20-5-3-2-4-18(20)23/h2-11H,12-15H2,1H3,(H,24,25,26). The van der Waals surface area contributed by atoms with Crippen molar-refractivity contribution in [3.05, 3.63) is 77.9 Å². The van der Waals surface area contributed by atoms with Gasteiger partial charge >= 0.3 is 0 Å². The maximum Gasteiger partial charge on any atom is 0.272 e. The predicted octanol–water partition coefficient (Wildman–Crippen LogP) is 3.63. The summed E-state index contributed by atoms with van der Waals surface area (Å²) in [6.45, 7) is 4.19. The molecule has 2 heterocycles. The van der Waals surface area contributed by atoms with Gasteiger partial charge in [-0.05, 0) is 37.3 Å². The molecule has 0 bridgehead atoms. The van der Waals surface area contributed by atoms with Crippen LogP contribution < -0.4 is 10.2 Å². The van der Waals surface area contributed by atoms with Gasteiger partial charge in [-0.15, -0.1) is 0 Å². The smallest absolute Gasteiger partial charge is 0.272 e. The molecule has 148 valence electrons. The quantitative estimate of drug-likeness (QED) is 0.736. The summed E-state index contributed by atoms with van der Waals surface area (Å²) >= 11 is 0. The van der Waals surface area contributed by atoms with Crippen LogP contribution in [-0.4, -0.2) is 47.0 Å². The number of benzene rings is 2. The topological polar surface area (TPSA) is 61.4 Å². The van der Waals surface area contributed by atoms with Crippen molar-refractivity contribution in [3.63, 3.8) is 0 Å². The van der Waals surface area contributed by atoms with Gasteiger partial charge in [-0.25, -0.2) is 14.4 Å². The van der Waals surface area contributed by atoms with Crippen LogP contribution in [0.4, 0.5) is 21.7 Å². The average molecular weight is 391 g/mol. The molecule has 3 aromatic rings. The molecular weight excluding hydrogens is 369 g/mol. The number of hydrogen-bond donors (Lipinski definition) is 1. The highest BCUT2D eigenvalue weighted by atomic mass is 19.1. The number of carbonyl (C=O) groups is 1. The van der Waals surface area contributed by atoms with E-state index in [0.717, 1.165) is 11.3 Å². The molecule has 29 heavy (non-hydrogen) atoms. The van der Waals surface area contributed by atoms with Crippen LogP contribution in [0.3, 0.4) is 0 Å². The number of halogens is 1. The van der Waals surface area contributed by atoms with Crippen molar-refractivity contribution in [2.45, 2.75) is 6.92 Å². The number of hydrogen-bond acceptors (Lipinski definition) is 5. The fourth-order valence-corrected chi connectivity index (χ4v) is 3.32. The highest BCUT2D eigenvalue weighted by Gasteiger charge is 2.24. The van der Waals surface area contributed by atoms with Crippen LogP contribution in [-0.2, 0) is 0 Å². The Morgan fingerprint density at radius 3 is 2.45 bits per heavy atom. The SMILES string of the molecule is Cc1ccc(Nc2nccc(C(=O)N3CCN(c4ccccc4F)CC3)n2)cc1. The number of anilines is 3. The Hall–Kier alpha value is -3.48. The molecular formula is C22H22FN5O. The van der Waals surface area contributed by atoms with Crippen molar-refractivity contribution < 1.29 is 9.18 Å². The molecule has 1 aliphatic rings. The predicted molar refractivity (Wildman–Crippen MR) is 111 cm³/mol. The number of piperazine rings is 1. The second kappa shape index (κ2) is 8.26. The highest BCUT2D eigenvalue weighted by molar-refractivity contribution is 5.92. The van der Waals surface area contributed by atoms with Crippen molar-refractivity contribution in [1.82, 2.24) is 14.9 Å². The molecule has 1 aromatic heterocycles. The zero-order valence-corrected chi connectivity index (χ0v) is 16.2. The lowest BCUT2D eigenvalue weighted by Crippen LogP contribution is -2.49. The van der Waals surface area contributed by atoms with Gasteiger partial charge in [0, 0.05) is 38.1 Å². The summed E-state index contributed by atoms with van der Waals surface area (Å²) < 4.78 is 14.0. The van der Waals surface area contributed by atoms with Gasteiger partial charge in [0.15, 0.2) is 0 Å². The van der Waals surface area contributed by atoms with Crippen molar-refractivity contribution in [2.75, 3.05) is 36.4 Å². The third-order valence-corrected chi connectivity index (χ3v) is 4.94. The van der Waals surface area contributed by atoms with E-state index in [4.69, 9.17) is 0 Å². The number of aryl methyl sites for hydroxylation is 1. The van der Waals surface area contributed by atoms with E-state index in [2.05, 4.69) is 15.3 Å². The molecule has 1 N–H and O–H groups in total. The maximum absolute atomic E-state index is 14.0. The van der Waals surface area contributed by atoms with Gasteiger partial charge in [0.2, 0.25) is 5.95 Å². The molecule has 6 nitrogen and oxygen atoms in total. The first-order valence-electron chi connectivity index (χ1n) is 9.55.